The molecule has 102 valence electrons. The average Bonchev–Trinajstić information content (AvgIpc) is 2.38. The highest BCUT2D eigenvalue weighted by atomic mass is 19.1. The first-order valence-corrected chi connectivity index (χ1v) is 7.24. The van der Waals surface area contributed by atoms with Gasteiger partial charge in [-0.1, -0.05) is 51.3 Å². The third-order valence-corrected chi connectivity index (χ3v) is 3.26. The molecule has 0 heterocycles. The zero-order valence-electron chi connectivity index (χ0n) is 11.7. The quantitative estimate of drug-likeness (QED) is 0.645. The molecule has 1 aromatic carbocycles. The van der Waals surface area contributed by atoms with Crippen molar-refractivity contribution in [2.24, 2.45) is 0 Å². The lowest BCUT2D eigenvalue weighted by atomic mass is 10.00. The second kappa shape index (κ2) is 9.09. The van der Waals surface area contributed by atoms with Crippen molar-refractivity contribution in [1.82, 2.24) is 5.32 Å². The highest BCUT2D eigenvalue weighted by molar-refractivity contribution is 5.18. The summed E-state index contributed by atoms with van der Waals surface area (Å²) < 4.78 is 13.6. The predicted molar refractivity (Wildman–Crippen MR) is 76.3 cm³/mol. The lowest BCUT2D eigenvalue weighted by Gasteiger charge is -2.18. The molecule has 0 saturated carbocycles. The summed E-state index contributed by atoms with van der Waals surface area (Å²) >= 11 is 0. The fourth-order valence-corrected chi connectivity index (χ4v) is 2.19. The van der Waals surface area contributed by atoms with Crippen LogP contribution < -0.4 is 5.32 Å². The van der Waals surface area contributed by atoms with E-state index in [1.807, 2.05) is 12.1 Å². The minimum Gasteiger partial charge on any atom is -0.314 e. The Morgan fingerprint density at radius 2 is 1.89 bits per heavy atom. The number of benzene rings is 1. The van der Waals surface area contributed by atoms with Crippen LogP contribution in [-0.4, -0.2) is 12.6 Å². The van der Waals surface area contributed by atoms with Gasteiger partial charge in [0.2, 0.25) is 0 Å². The fraction of sp³-hybridized carbons (Fsp3) is 0.625. The molecule has 1 nitrogen and oxygen atoms in total. The van der Waals surface area contributed by atoms with Gasteiger partial charge in [-0.25, -0.2) is 4.39 Å². The Hall–Kier alpha value is -0.890. The van der Waals surface area contributed by atoms with Crippen LogP contribution in [0.25, 0.3) is 0 Å². The Bertz CT molecular complexity index is 325. The van der Waals surface area contributed by atoms with Crippen LogP contribution in [0, 0.1) is 5.82 Å². The molecular formula is C16H26FN. The molecule has 0 aromatic heterocycles. The Kier molecular flexibility index (Phi) is 7.66. The van der Waals surface area contributed by atoms with E-state index in [4.69, 9.17) is 0 Å². The summed E-state index contributed by atoms with van der Waals surface area (Å²) in [4.78, 5) is 0. The summed E-state index contributed by atoms with van der Waals surface area (Å²) in [6, 6.07) is 7.54. The lowest BCUT2D eigenvalue weighted by molar-refractivity contribution is 0.449. The van der Waals surface area contributed by atoms with Gasteiger partial charge in [-0.3, -0.25) is 0 Å². The standard InChI is InChI=1S/C16H26FN/c1-3-5-6-10-15(18-12-4-2)13-14-9-7-8-11-16(14)17/h7-9,11,15,18H,3-6,10,12-13H2,1-2H3. The number of hydrogen-bond donors (Lipinski definition) is 1. The maximum atomic E-state index is 13.6. The Labute approximate surface area is 111 Å². The van der Waals surface area contributed by atoms with Gasteiger partial charge >= 0.3 is 0 Å². The molecule has 0 saturated heterocycles. The van der Waals surface area contributed by atoms with Gasteiger partial charge in [0.15, 0.2) is 0 Å². The SMILES string of the molecule is CCCCCC(Cc1ccccc1F)NCCC. The molecule has 2 heteroatoms. The van der Waals surface area contributed by atoms with Crippen LogP contribution >= 0.6 is 0 Å². The maximum absolute atomic E-state index is 13.6. The molecule has 0 aliphatic heterocycles. The third-order valence-electron chi connectivity index (χ3n) is 3.26. The van der Waals surface area contributed by atoms with Gasteiger partial charge in [-0.2, -0.15) is 0 Å². The second-order valence-electron chi connectivity index (χ2n) is 4.94. The van der Waals surface area contributed by atoms with Crippen LogP contribution in [0.5, 0.6) is 0 Å². The van der Waals surface area contributed by atoms with Gasteiger partial charge < -0.3 is 5.32 Å². The Morgan fingerprint density at radius 3 is 2.56 bits per heavy atom. The molecule has 1 atom stereocenters. The first-order chi connectivity index (χ1) is 8.77. The molecular weight excluding hydrogens is 225 g/mol. The van der Waals surface area contributed by atoms with Crippen molar-refractivity contribution in [2.75, 3.05) is 6.54 Å². The summed E-state index contributed by atoms with van der Waals surface area (Å²) in [5.41, 5.74) is 0.836. The normalized spacial score (nSPS) is 12.6. The van der Waals surface area contributed by atoms with Crippen LogP contribution in [0.4, 0.5) is 4.39 Å². The first-order valence-electron chi connectivity index (χ1n) is 7.24. The summed E-state index contributed by atoms with van der Waals surface area (Å²) in [5, 5.41) is 3.54. The molecule has 18 heavy (non-hydrogen) atoms. The number of nitrogens with one attached hydrogen (secondary N) is 1. The van der Waals surface area contributed by atoms with Crippen LogP contribution in [0.1, 0.15) is 51.5 Å². The molecule has 0 aliphatic carbocycles. The van der Waals surface area contributed by atoms with Crippen LogP contribution in [-0.2, 0) is 6.42 Å². The minimum absolute atomic E-state index is 0.0729. The van der Waals surface area contributed by atoms with Crippen molar-refractivity contribution >= 4 is 0 Å². The van der Waals surface area contributed by atoms with E-state index < -0.39 is 0 Å². The number of rotatable bonds is 9. The van der Waals surface area contributed by atoms with E-state index in [1.54, 1.807) is 12.1 Å². The maximum Gasteiger partial charge on any atom is 0.126 e. The van der Waals surface area contributed by atoms with Crippen molar-refractivity contribution < 1.29 is 4.39 Å². The zero-order valence-corrected chi connectivity index (χ0v) is 11.7. The monoisotopic (exact) mass is 251 g/mol. The summed E-state index contributed by atoms with van der Waals surface area (Å²) in [6.07, 6.45) is 6.80. The van der Waals surface area contributed by atoms with E-state index >= 15 is 0 Å². The van der Waals surface area contributed by atoms with Crippen LogP contribution in [0.3, 0.4) is 0 Å². The summed E-state index contributed by atoms with van der Waals surface area (Å²) in [6.45, 7) is 5.40. The molecule has 0 spiro atoms. The van der Waals surface area contributed by atoms with E-state index in [1.165, 1.54) is 19.3 Å². The number of hydrogen-bond acceptors (Lipinski definition) is 1. The molecule has 1 unspecified atom stereocenters. The van der Waals surface area contributed by atoms with Crippen molar-refractivity contribution in [3.63, 3.8) is 0 Å². The molecule has 0 fully saturated rings. The molecule has 0 radical (unpaired) electrons. The molecule has 0 amide bonds. The van der Waals surface area contributed by atoms with Crippen molar-refractivity contribution in [3.8, 4) is 0 Å². The first kappa shape index (κ1) is 15.2. The van der Waals surface area contributed by atoms with Gasteiger partial charge in [0.25, 0.3) is 0 Å². The highest BCUT2D eigenvalue weighted by Gasteiger charge is 2.10. The van der Waals surface area contributed by atoms with Gasteiger partial charge in [-0.15, -0.1) is 0 Å². The smallest absolute Gasteiger partial charge is 0.126 e. The Morgan fingerprint density at radius 1 is 1.11 bits per heavy atom. The summed E-state index contributed by atoms with van der Waals surface area (Å²) in [5.74, 6) is -0.0729. The predicted octanol–water partition coefficient (Wildman–Crippen LogP) is 4.32. The lowest BCUT2D eigenvalue weighted by Crippen LogP contribution is -2.32. The minimum atomic E-state index is -0.0729. The van der Waals surface area contributed by atoms with E-state index in [0.29, 0.717) is 6.04 Å². The van der Waals surface area contributed by atoms with E-state index in [2.05, 4.69) is 19.2 Å². The molecule has 1 aromatic rings. The molecule has 0 bridgehead atoms. The van der Waals surface area contributed by atoms with Crippen molar-refractivity contribution in [1.29, 1.82) is 0 Å². The second-order valence-corrected chi connectivity index (χ2v) is 4.94. The van der Waals surface area contributed by atoms with Gasteiger partial charge in [-0.05, 0) is 37.4 Å². The zero-order chi connectivity index (χ0) is 13.2. The average molecular weight is 251 g/mol. The molecule has 1 N–H and O–H groups in total. The van der Waals surface area contributed by atoms with Crippen molar-refractivity contribution in [2.45, 2.75) is 58.4 Å². The van der Waals surface area contributed by atoms with Gasteiger partial charge in [0.05, 0.1) is 0 Å². The Balaban J connectivity index is 2.51. The molecule has 1 rings (SSSR count). The van der Waals surface area contributed by atoms with E-state index in [9.17, 15) is 4.39 Å². The van der Waals surface area contributed by atoms with Crippen LogP contribution in [0.2, 0.25) is 0 Å². The third kappa shape index (κ3) is 5.63. The number of halogens is 1. The highest BCUT2D eigenvalue weighted by Crippen LogP contribution is 2.13. The van der Waals surface area contributed by atoms with Crippen LogP contribution in [0.15, 0.2) is 24.3 Å². The van der Waals surface area contributed by atoms with Gasteiger partial charge in [0.1, 0.15) is 5.82 Å². The van der Waals surface area contributed by atoms with Gasteiger partial charge in [0, 0.05) is 6.04 Å². The fourth-order valence-electron chi connectivity index (χ4n) is 2.19. The largest absolute Gasteiger partial charge is 0.314 e. The van der Waals surface area contributed by atoms with Crippen molar-refractivity contribution in [3.05, 3.63) is 35.6 Å². The molecule has 0 aliphatic rings. The topological polar surface area (TPSA) is 12.0 Å². The summed E-state index contributed by atoms with van der Waals surface area (Å²) in [7, 11) is 0. The van der Waals surface area contributed by atoms with E-state index in [0.717, 1.165) is 31.4 Å². The van der Waals surface area contributed by atoms with E-state index in [-0.39, 0.29) is 5.82 Å². The number of unbranched alkanes of at least 4 members (excludes halogenated alkanes) is 2.